The molecule has 0 aliphatic carbocycles. The van der Waals surface area contributed by atoms with Gasteiger partial charge in [-0.15, -0.1) is 0 Å². The first-order valence-corrected chi connectivity index (χ1v) is 5.23. The molecule has 0 amide bonds. The Labute approximate surface area is 97.8 Å². The van der Waals surface area contributed by atoms with Crippen molar-refractivity contribution in [1.82, 2.24) is 15.1 Å². The maximum atomic E-state index is 13.7. The van der Waals surface area contributed by atoms with E-state index in [-0.39, 0.29) is 5.02 Å². The normalized spacial score (nSPS) is 10.7. The lowest BCUT2D eigenvalue weighted by atomic mass is 10.3. The Morgan fingerprint density at radius 1 is 1.44 bits per heavy atom. The largest absolute Gasteiger partial charge is 0.314 e. The highest BCUT2D eigenvalue weighted by molar-refractivity contribution is 6.30. The highest BCUT2D eigenvalue weighted by atomic mass is 35.5. The number of nitrogens with zero attached hydrogens (tertiary/aromatic N) is 2. The van der Waals surface area contributed by atoms with E-state index in [1.54, 1.807) is 18.3 Å². The number of benzene rings is 1. The second-order valence-corrected chi connectivity index (χ2v) is 3.76. The van der Waals surface area contributed by atoms with Gasteiger partial charge < -0.3 is 5.32 Å². The van der Waals surface area contributed by atoms with E-state index in [9.17, 15) is 4.39 Å². The molecule has 5 heteroatoms. The van der Waals surface area contributed by atoms with Gasteiger partial charge in [-0.1, -0.05) is 17.7 Å². The number of nitrogens with one attached hydrogen (secondary N) is 1. The summed E-state index contributed by atoms with van der Waals surface area (Å²) in [6, 6.07) is 6.67. The zero-order valence-corrected chi connectivity index (χ0v) is 9.50. The molecule has 0 saturated carbocycles. The Kier molecular flexibility index (Phi) is 3.22. The van der Waals surface area contributed by atoms with Gasteiger partial charge >= 0.3 is 0 Å². The number of halogens is 2. The van der Waals surface area contributed by atoms with E-state index in [1.807, 2.05) is 13.1 Å². The van der Waals surface area contributed by atoms with Crippen LogP contribution in [0, 0.1) is 5.82 Å². The third-order valence-corrected chi connectivity index (χ3v) is 2.47. The van der Waals surface area contributed by atoms with Crippen molar-refractivity contribution in [3.8, 4) is 5.69 Å². The number of rotatable bonds is 3. The fraction of sp³-hybridized carbons (Fsp3) is 0.182. The van der Waals surface area contributed by atoms with Crippen molar-refractivity contribution >= 4 is 11.6 Å². The van der Waals surface area contributed by atoms with Crippen LogP contribution in [0.2, 0.25) is 5.02 Å². The van der Waals surface area contributed by atoms with E-state index >= 15 is 0 Å². The minimum absolute atomic E-state index is 0.100. The van der Waals surface area contributed by atoms with Gasteiger partial charge in [0, 0.05) is 12.7 Å². The van der Waals surface area contributed by atoms with Crippen LogP contribution >= 0.6 is 11.6 Å². The molecule has 84 valence electrons. The minimum atomic E-state index is -0.455. The number of hydrogen-bond donors (Lipinski definition) is 1. The van der Waals surface area contributed by atoms with Crippen LogP contribution in [-0.2, 0) is 6.54 Å². The van der Waals surface area contributed by atoms with Gasteiger partial charge in [0.2, 0.25) is 0 Å². The second-order valence-electron chi connectivity index (χ2n) is 3.35. The molecule has 1 N–H and O–H groups in total. The quantitative estimate of drug-likeness (QED) is 0.891. The lowest BCUT2D eigenvalue weighted by Crippen LogP contribution is -2.07. The van der Waals surface area contributed by atoms with Gasteiger partial charge in [-0.2, -0.15) is 5.10 Å². The lowest BCUT2D eigenvalue weighted by Gasteiger charge is -2.03. The maximum absolute atomic E-state index is 13.7. The van der Waals surface area contributed by atoms with E-state index in [0.29, 0.717) is 12.2 Å². The average Bonchev–Trinajstić information content (AvgIpc) is 2.71. The van der Waals surface area contributed by atoms with Gasteiger partial charge in [-0.05, 0) is 25.2 Å². The van der Waals surface area contributed by atoms with E-state index < -0.39 is 5.82 Å². The fourth-order valence-electron chi connectivity index (χ4n) is 1.44. The molecule has 2 aromatic rings. The summed E-state index contributed by atoms with van der Waals surface area (Å²) in [5, 5.41) is 7.31. The van der Waals surface area contributed by atoms with Gasteiger partial charge in [0.25, 0.3) is 0 Å². The maximum Gasteiger partial charge on any atom is 0.167 e. The average molecular weight is 240 g/mol. The Bertz CT molecular complexity index is 496. The lowest BCUT2D eigenvalue weighted by molar-refractivity contribution is 0.609. The van der Waals surface area contributed by atoms with Crippen LogP contribution in [-0.4, -0.2) is 16.8 Å². The predicted octanol–water partition coefficient (Wildman–Crippen LogP) is 2.38. The van der Waals surface area contributed by atoms with Crippen molar-refractivity contribution in [1.29, 1.82) is 0 Å². The molecule has 0 unspecified atom stereocenters. The van der Waals surface area contributed by atoms with Crippen LogP contribution in [0.1, 0.15) is 5.69 Å². The van der Waals surface area contributed by atoms with Gasteiger partial charge in [-0.3, -0.25) is 0 Å². The standard InChI is InChI=1S/C11H11ClFN3/c1-14-7-8-5-6-16(15-8)10-4-2-3-9(12)11(10)13/h2-6,14H,7H2,1H3. The molecule has 0 fully saturated rings. The minimum Gasteiger partial charge on any atom is -0.314 e. The summed E-state index contributed by atoms with van der Waals surface area (Å²) in [5.74, 6) is -0.455. The molecule has 0 saturated heterocycles. The molecule has 0 atom stereocenters. The van der Waals surface area contributed by atoms with Gasteiger partial charge in [-0.25, -0.2) is 9.07 Å². The summed E-state index contributed by atoms with van der Waals surface area (Å²) < 4.78 is 15.2. The molecular weight excluding hydrogens is 229 g/mol. The van der Waals surface area contributed by atoms with Crippen molar-refractivity contribution in [2.75, 3.05) is 7.05 Å². The summed E-state index contributed by atoms with van der Waals surface area (Å²) >= 11 is 5.70. The van der Waals surface area contributed by atoms with Crippen molar-refractivity contribution in [3.05, 3.63) is 47.0 Å². The topological polar surface area (TPSA) is 29.9 Å². The molecule has 0 aliphatic heterocycles. The van der Waals surface area contributed by atoms with Gasteiger partial charge in [0.05, 0.1) is 10.7 Å². The molecule has 3 nitrogen and oxygen atoms in total. The molecule has 1 aromatic heterocycles. The van der Waals surface area contributed by atoms with E-state index in [2.05, 4.69) is 10.4 Å². The van der Waals surface area contributed by atoms with E-state index in [1.165, 1.54) is 10.7 Å². The fourth-order valence-corrected chi connectivity index (χ4v) is 1.61. The second kappa shape index (κ2) is 4.63. The van der Waals surface area contributed by atoms with E-state index in [0.717, 1.165) is 5.69 Å². The molecule has 16 heavy (non-hydrogen) atoms. The summed E-state index contributed by atoms with van der Waals surface area (Å²) in [5.41, 5.74) is 1.21. The van der Waals surface area contributed by atoms with Crippen LogP contribution in [0.5, 0.6) is 0 Å². The van der Waals surface area contributed by atoms with Crippen molar-refractivity contribution < 1.29 is 4.39 Å². The Morgan fingerprint density at radius 2 is 2.25 bits per heavy atom. The molecule has 0 aliphatic rings. The highest BCUT2D eigenvalue weighted by Gasteiger charge is 2.09. The Hall–Kier alpha value is -1.39. The summed E-state index contributed by atoms with van der Waals surface area (Å²) in [6.07, 6.45) is 1.71. The van der Waals surface area contributed by atoms with Gasteiger partial charge in [0.1, 0.15) is 5.69 Å². The SMILES string of the molecule is CNCc1ccn(-c2cccc(Cl)c2F)n1. The predicted molar refractivity (Wildman–Crippen MR) is 61.3 cm³/mol. The molecular formula is C11H11ClFN3. The first-order valence-electron chi connectivity index (χ1n) is 4.86. The van der Waals surface area contributed by atoms with Crippen LogP contribution in [0.4, 0.5) is 4.39 Å². The number of aromatic nitrogens is 2. The molecule has 1 aromatic carbocycles. The first-order chi connectivity index (χ1) is 7.72. The highest BCUT2D eigenvalue weighted by Crippen LogP contribution is 2.20. The summed E-state index contributed by atoms with van der Waals surface area (Å²) in [6.45, 7) is 0.648. The van der Waals surface area contributed by atoms with Crippen LogP contribution in [0.3, 0.4) is 0 Å². The van der Waals surface area contributed by atoms with Crippen LogP contribution in [0.25, 0.3) is 5.69 Å². The monoisotopic (exact) mass is 239 g/mol. The van der Waals surface area contributed by atoms with Crippen LogP contribution in [0.15, 0.2) is 30.5 Å². The van der Waals surface area contributed by atoms with E-state index in [4.69, 9.17) is 11.6 Å². The van der Waals surface area contributed by atoms with Gasteiger partial charge in [0.15, 0.2) is 5.82 Å². The summed E-state index contributed by atoms with van der Waals surface area (Å²) in [7, 11) is 1.83. The molecule has 0 bridgehead atoms. The zero-order chi connectivity index (χ0) is 11.5. The third-order valence-electron chi connectivity index (χ3n) is 2.18. The Morgan fingerprint density at radius 3 is 3.00 bits per heavy atom. The molecule has 0 radical (unpaired) electrons. The van der Waals surface area contributed by atoms with Crippen LogP contribution < -0.4 is 5.32 Å². The van der Waals surface area contributed by atoms with Crippen molar-refractivity contribution in [2.24, 2.45) is 0 Å². The van der Waals surface area contributed by atoms with Crippen molar-refractivity contribution in [2.45, 2.75) is 6.54 Å². The molecule has 0 spiro atoms. The zero-order valence-electron chi connectivity index (χ0n) is 8.74. The van der Waals surface area contributed by atoms with Crippen molar-refractivity contribution in [3.63, 3.8) is 0 Å². The summed E-state index contributed by atoms with van der Waals surface area (Å²) in [4.78, 5) is 0. The smallest absolute Gasteiger partial charge is 0.167 e. The first kappa shape index (κ1) is 11.1. The third kappa shape index (κ3) is 2.08. The molecule has 2 rings (SSSR count). The number of hydrogen-bond acceptors (Lipinski definition) is 2. The Balaban J connectivity index is 2.39. The molecule has 1 heterocycles.